The second-order valence-electron chi connectivity index (χ2n) is 2.50. The van der Waals surface area contributed by atoms with Gasteiger partial charge in [-0.3, -0.25) is 4.85 Å². The van der Waals surface area contributed by atoms with Crippen LogP contribution in [0.5, 0.6) is 0 Å². The van der Waals surface area contributed by atoms with Gasteiger partial charge in [-0.15, -0.1) is 0 Å². The number of benzene rings is 1. The lowest BCUT2D eigenvalue weighted by Gasteiger charge is -2.01. The van der Waals surface area contributed by atoms with Crippen molar-refractivity contribution >= 4 is 5.97 Å². The predicted octanol–water partition coefficient (Wildman–Crippen LogP) is 2.11. The van der Waals surface area contributed by atoms with Crippen molar-refractivity contribution in [2.24, 2.45) is 0 Å². The predicted molar refractivity (Wildman–Crippen MR) is 47.9 cm³/mol. The minimum atomic E-state index is -0.715. The van der Waals surface area contributed by atoms with Crippen LogP contribution in [0.2, 0.25) is 0 Å². The fourth-order valence-corrected chi connectivity index (χ4v) is 0.824. The number of esters is 1. The quantitative estimate of drug-likeness (QED) is 0.509. The normalized spacial score (nSPS) is 11.4. The van der Waals surface area contributed by atoms with E-state index in [0.717, 1.165) is 0 Å². The van der Waals surface area contributed by atoms with Gasteiger partial charge in [0.1, 0.15) is 0 Å². The van der Waals surface area contributed by atoms with Gasteiger partial charge in [0, 0.05) is 0 Å². The summed E-state index contributed by atoms with van der Waals surface area (Å²) in [5.41, 5.74) is 0.470. The summed E-state index contributed by atoms with van der Waals surface area (Å²) >= 11 is 0. The van der Waals surface area contributed by atoms with Gasteiger partial charge in [-0.2, -0.15) is 0 Å². The fourth-order valence-electron chi connectivity index (χ4n) is 0.824. The Bertz CT molecular complexity index is 327. The van der Waals surface area contributed by atoms with E-state index in [1.54, 1.807) is 24.3 Å². The van der Waals surface area contributed by atoms with Crippen molar-refractivity contribution in [2.75, 3.05) is 0 Å². The van der Waals surface area contributed by atoms with Crippen LogP contribution in [0.15, 0.2) is 30.3 Å². The van der Waals surface area contributed by atoms with E-state index in [4.69, 9.17) is 11.3 Å². The van der Waals surface area contributed by atoms with Gasteiger partial charge in [-0.25, -0.2) is 11.4 Å². The number of hydrogen-bond acceptors (Lipinski definition) is 2. The fraction of sp³-hybridized carbons (Fsp3) is 0.200. The highest BCUT2D eigenvalue weighted by Gasteiger charge is 2.12. The number of nitrogens with zero attached hydrogens (tertiary/aromatic N) is 1. The van der Waals surface area contributed by atoms with Crippen LogP contribution in [-0.2, 0) is 4.74 Å². The Balaban J connectivity index is 2.66. The van der Waals surface area contributed by atoms with Crippen LogP contribution in [0.25, 0.3) is 4.85 Å². The van der Waals surface area contributed by atoms with Crippen LogP contribution in [0.3, 0.4) is 0 Å². The second kappa shape index (κ2) is 4.27. The Morgan fingerprint density at radius 3 is 2.62 bits per heavy atom. The highest BCUT2D eigenvalue weighted by Crippen LogP contribution is 2.03. The highest BCUT2D eigenvalue weighted by atomic mass is 16.6. The minimum Gasteiger partial charge on any atom is -0.388 e. The molecule has 1 aromatic carbocycles. The van der Waals surface area contributed by atoms with E-state index < -0.39 is 12.2 Å². The maximum absolute atomic E-state index is 11.2. The molecule has 0 aliphatic carbocycles. The Labute approximate surface area is 76.8 Å². The highest BCUT2D eigenvalue weighted by molar-refractivity contribution is 5.89. The Morgan fingerprint density at radius 2 is 2.08 bits per heavy atom. The summed E-state index contributed by atoms with van der Waals surface area (Å²) in [4.78, 5) is 14.3. The molecule has 3 nitrogen and oxygen atoms in total. The summed E-state index contributed by atoms with van der Waals surface area (Å²) in [7, 11) is 0. The Kier molecular flexibility index (Phi) is 3.04. The van der Waals surface area contributed by atoms with Crippen LogP contribution in [0, 0.1) is 6.57 Å². The molecule has 0 fully saturated rings. The first-order chi connectivity index (χ1) is 6.24. The zero-order valence-corrected chi connectivity index (χ0v) is 7.23. The molecule has 1 rings (SSSR count). The monoisotopic (exact) mass is 175 g/mol. The van der Waals surface area contributed by atoms with Crippen LogP contribution in [-0.4, -0.2) is 12.2 Å². The molecule has 1 unspecified atom stereocenters. The number of carbonyl (C=O) groups is 1. The molecule has 1 atom stereocenters. The van der Waals surface area contributed by atoms with E-state index in [1.807, 2.05) is 6.07 Å². The van der Waals surface area contributed by atoms with Crippen LogP contribution >= 0.6 is 0 Å². The first kappa shape index (κ1) is 9.27. The van der Waals surface area contributed by atoms with Crippen LogP contribution < -0.4 is 0 Å². The molecule has 13 heavy (non-hydrogen) atoms. The molecule has 0 aliphatic heterocycles. The molecular weight excluding hydrogens is 166 g/mol. The Hall–Kier alpha value is -1.82. The average Bonchev–Trinajstić information content (AvgIpc) is 2.19. The third kappa shape index (κ3) is 2.60. The lowest BCUT2D eigenvalue weighted by Crippen LogP contribution is -2.11. The second-order valence-corrected chi connectivity index (χ2v) is 2.50. The topological polar surface area (TPSA) is 30.7 Å². The van der Waals surface area contributed by atoms with E-state index in [0.29, 0.717) is 5.56 Å². The molecular formula is C10H9NO2. The van der Waals surface area contributed by atoms with Crippen LogP contribution in [0.1, 0.15) is 17.3 Å². The van der Waals surface area contributed by atoms with Gasteiger partial charge in [0.05, 0.1) is 12.5 Å². The largest absolute Gasteiger partial charge is 0.388 e. The molecule has 3 heteroatoms. The molecule has 0 spiro atoms. The molecule has 0 heterocycles. The van der Waals surface area contributed by atoms with Crippen molar-refractivity contribution in [3.8, 4) is 0 Å². The smallest absolute Gasteiger partial charge is 0.366 e. The molecule has 0 radical (unpaired) electrons. The summed E-state index contributed by atoms with van der Waals surface area (Å²) in [6.07, 6.45) is -0.715. The molecule has 0 bridgehead atoms. The van der Waals surface area contributed by atoms with Gasteiger partial charge < -0.3 is 4.74 Å². The van der Waals surface area contributed by atoms with Crippen LogP contribution in [0.4, 0.5) is 0 Å². The summed E-state index contributed by atoms with van der Waals surface area (Å²) in [6, 6.07) is 8.62. The number of hydrogen-bond donors (Lipinski definition) is 0. The molecule has 0 N–H and O–H groups in total. The van der Waals surface area contributed by atoms with E-state index in [1.165, 1.54) is 6.92 Å². The molecule has 0 aliphatic rings. The molecule has 66 valence electrons. The molecule has 0 aromatic heterocycles. The van der Waals surface area contributed by atoms with Gasteiger partial charge in [0.2, 0.25) is 0 Å². The molecule has 0 saturated carbocycles. The van der Waals surface area contributed by atoms with E-state index in [-0.39, 0.29) is 0 Å². The standard InChI is InChI=1S/C10H9NO2/c1-8(11-2)13-10(12)9-6-4-3-5-7-9/h3-8H,1H3. The summed E-state index contributed by atoms with van der Waals surface area (Å²) in [5, 5.41) is 0. The van der Waals surface area contributed by atoms with Gasteiger partial charge in [0.15, 0.2) is 0 Å². The van der Waals surface area contributed by atoms with E-state index in [9.17, 15) is 4.79 Å². The molecule has 0 amide bonds. The van der Waals surface area contributed by atoms with E-state index in [2.05, 4.69) is 4.85 Å². The maximum Gasteiger partial charge on any atom is 0.366 e. The van der Waals surface area contributed by atoms with Crippen molar-refractivity contribution in [1.82, 2.24) is 0 Å². The van der Waals surface area contributed by atoms with Crippen molar-refractivity contribution in [3.63, 3.8) is 0 Å². The lowest BCUT2D eigenvalue weighted by molar-refractivity contribution is 0.0421. The lowest BCUT2D eigenvalue weighted by atomic mass is 10.2. The number of carbonyl (C=O) groups excluding carboxylic acids is 1. The van der Waals surface area contributed by atoms with Gasteiger partial charge in [-0.05, 0) is 12.1 Å². The third-order valence-electron chi connectivity index (χ3n) is 1.47. The van der Waals surface area contributed by atoms with Gasteiger partial charge in [-0.1, -0.05) is 18.2 Å². The summed E-state index contributed by atoms with van der Waals surface area (Å²) in [5.74, 6) is -0.455. The number of rotatable bonds is 2. The van der Waals surface area contributed by atoms with Crippen molar-refractivity contribution in [2.45, 2.75) is 13.2 Å². The van der Waals surface area contributed by atoms with Gasteiger partial charge >= 0.3 is 12.2 Å². The summed E-state index contributed by atoms with van der Waals surface area (Å²) < 4.78 is 4.79. The zero-order chi connectivity index (χ0) is 9.68. The zero-order valence-electron chi connectivity index (χ0n) is 7.23. The van der Waals surface area contributed by atoms with E-state index >= 15 is 0 Å². The summed E-state index contributed by atoms with van der Waals surface area (Å²) in [6.45, 7) is 8.15. The maximum atomic E-state index is 11.2. The first-order valence-electron chi connectivity index (χ1n) is 3.86. The third-order valence-corrected chi connectivity index (χ3v) is 1.47. The van der Waals surface area contributed by atoms with Gasteiger partial charge in [0.25, 0.3) is 0 Å². The molecule has 1 aromatic rings. The van der Waals surface area contributed by atoms with Crippen molar-refractivity contribution in [1.29, 1.82) is 0 Å². The first-order valence-corrected chi connectivity index (χ1v) is 3.86. The number of ether oxygens (including phenoxy) is 1. The average molecular weight is 175 g/mol. The molecule has 0 saturated heterocycles. The Morgan fingerprint density at radius 1 is 1.46 bits per heavy atom. The SMILES string of the molecule is [C-]#[N+]C(C)OC(=O)c1ccccc1. The minimum absolute atomic E-state index is 0.455. The van der Waals surface area contributed by atoms with Crippen molar-refractivity contribution < 1.29 is 9.53 Å². The van der Waals surface area contributed by atoms with Crippen molar-refractivity contribution in [3.05, 3.63) is 47.3 Å².